The zero-order chi connectivity index (χ0) is 9.26. The lowest BCUT2D eigenvalue weighted by Gasteiger charge is -2.21. The van der Waals surface area contributed by atoms with Gasteiger partial charge in [-0.2, -0.15) is 0 Å². The Morgan fingerprint density at radius 2 is 2.54 bits per heavy atom. The molecule has 1 aliphatic heterocycles. The predicted octanol–water partition coefficient (Wildman–Crippen LogP) is 1.36. The molecular weight excluding hydrogens is 174 g/mol. The number of carbonyl (C=O) groups is 1. The molecule has 1 aromatic rings. The molecule has 0 bridgehead atoms. The van der Waals surface area contributed by atoms with Crippen LogP contribution in [0.2, 0.25) is 0 Å². The van der Waals surface area contributed by atoms with E-state index in [9.17, 15) is 4.79 Å². The Balaban J connectivity index is 2.04. The summed E-state index contributed by atoms with van der Waals surface area (Å²) in [5, 5.41) is 8.35. The summed E-state index contributed by atoms with van der Waals surface area (Å²) < 4.78 is 9.75. The standard InChI is InChI=1S/C8H9NO4/c10-8(11)13-7-2-1-5-3-9-4-6(5)12-7/h3-4,7,9H,1-2H2,(H,10,11). The molecule has 1 atom stereocenters. The molecule has 0 aromatic carbocycles. The van der Waals surface area contributed by atoms with Crippen LogP contribution in [-0.4, -0.2) is 22.5 Å². The number of hydrogen-bond acceptors (Lipinski definition) is 3. The van der Waals surface area contributed by atoms with Crippen molar-refractivity contribution in [3.05, 3.63) is 18.0 Å². The van der Waals surface area contributed by atoms with Gasteiger partial charge in [0, 0.05) is 24.4 Å². The minimum Gasteiger partial charge on any atom is -0.453 e. The second-order valence-corrected chi connectivity index (χ2v) is 2.81. The number of fused-ring (bicyclic) bond motifs is 1. The molecule has 0 saturated heterocycles. The number of aromatic amines is 1. The molecule has 0 amide bonds. The van der Waals surface area contributed by atoms with Crippen LogP contribution in [0.1, 0.15) is 12.0 Å². The van der Waals surface area contributed by atoms with Crippen LogP contribution in [0.15, 0.2) is 12.4 Å². The Morgan fingerprint density at radius 3 is 3.31 bits per heavy atom. The zero-order valence-electron chi connectivity index (χ0n) is 6.82. The van der Waals surface area contributed by atoms with Gasteiger partial charge in [-0.25, -0.2) is 4.79 Å². The van der Waals surface area contributed by atoms with Crippen LogP contribution in [0, 0.1) is 0 Å². The minimum absolute atomic E-state index is 0.567. The average Bonchev–Trinajstić information content (AvgIpc) is 2.49. The third-order valence-electron chi connectivity index (χ3n) is 1.93. The lowest BCUT2D eigenvalue weighted by atomic mass is 10.1. The topological polar surface area (TPSA) is 71.5 Å². The van der Waals surface area contributed by atoms with E-state index in [4.69, 9.17) is 9.84 Å². The van der Waals surface area contributed by atoms with E-state index >= 15 is 0 Å². The first-order valence-electron chi connectivity index (χ1n) is 3.97. The highest BCUT2D eigenvalue weighted by Crippen LogP contribution is 2.27. The van der Waals surface area contributed by atoms with Crippen LogP contribution in [0.4, 0.5) is 4.79 Å². The van der Waals surface area contributed by atoms with Crippen molar-refractivity contribution in [2.45, 2.75) is 19.1 Å². The largest absolute Gasteiger partial charge is 0.508 e. The molecule has 0 fully saturated rings. The third kappa shape index (κ3) is 1.58. The van der Waals surface area contributed by atoms with Crippen molar-refractivity contribution in [1.82, 2.24) is 4.98 Å². The molecule has 70 valence electrons. The Kier molecular flexibility index (Phi) is 1.84. The Hall–Kier alpha value is -1.65. The van der Waals surface area contributed by atoms with Gasteiger partial charge in [0.25, 0.3) is 0 Å². The van der Waals surface area contributed by atoms with E-state index in [0.29, 0.717) is 12.2 Å². The van der Waals surface area contributed by atoms with Gasteiger partial charge >= 0.3 is 6.16 Å². The van der Waals surface area contributed by atoms with Crippen LogP contribution in [0.5, 0.6) is 5.75 Å². The molecule has 2 rings (SSSR count). The summed E-state index contributed by atoms with van der Waals surface area (Å²) in [5.74, 6) is 0.678. The summed E-state index contributed by atoms with van der Waals surface area (Å²) in [6, 6.07) is 0. The molecule has 5 heteroatoms. The Labute approximate surface area is 74.3 Å². The number of H-pyrrole nitrogens is 1. The van der Waals surface area contributed by atoms with E-state index in [1.807, 2.05) is 6.20 Å². The predicted molar refractivity (Wildman–Crippen MR) is 42.6 cm³/mol. The first-order valence-corrected chi connectivity index (χ1v) is 3.97. The monoisotopic (exact) mass is 183 g/mol. The van der Waals surface area contributed by atoms with Gasteiger partial charge < -0.3 is 19.6 Å². The van der Waals surface area contributed by atoms with E-state index in [0.717, 1.165) is 12.0 Å². The van der Waals surface area contributed by atoms with Crippen molar-refractivity contribution in [2.75, 3.05) is 0 Å². The molecule has 0 saturated carbocycles. The van der Waals surface area contributed by atoms with Crippen LogP contribution < -0.4 is 4.74 Å². The van der Waals surface area contributed by atoms with Crippen molar-refractivity contribution < 1.29 is 19.4 Å². The van der Waals surface area contributed by atoms with E-state index < -0.39 is 12.4 Å². The summed E-state index contributed by atoms with van der Waals surface area (Å²) in [7, 11) is 0. The molecule has 5 nitrogen and oxygen atoms in total. The maximum Gasteiger partial charge on any atom is 0.508 e. The maximum absolute atomic E-state index is 10.2. The molecule has 1 unspecified atom stereocenters. The summed E-state index contributed by atoms with van der Waals surface area (Å²) in [6.07, 6.45) is 2.90. The molecule has 0 radical (unpaired) electrons. The van der Waals surface area contributed by atoms with Crippen LogP contribution >= 0.6 is 0 Å². The number of nitrogens with one attached hydrogen (secondary N) is 1. The molecule has 0 spiro atoms. The second-order valence-electron chi connectivity index (χ2n) is 2.81. The first kappa shape index (κ1) is 7.97. The second kappa shape index (κ2) is 3.01. The van der Waals surface area contributed by atoms with Gasteiger partial charge in [-0.1, -0.05) is 0 Å². The van der Waals surface area contributed by atoms with Crippen molar-refractivity contribution in [3.8, 4) is 5.75 Å². The van der Waals surface area contributed by atoms with E-state index in [1.165, 1.54) is 0 Å². The summed E-state index contributed by atoms with van der Waals surface area (Å²) >= 11 is 0. The van der Waals surface area contributed by atoms with E-state index in [2.05, 4.69) is 9.72 Å². The number of aryl methyl sites for hydroxylation is 1. The number of aromatic nitrogens is 1. The summed E-state index contributed by atoms with van der Waals surface area (Å²) in [4.78, 5) is 13.1. The SMILES string of the molecule is O=C(O)OC1CCc2c[nH]cc2O1. The van der Waals surface area contributed by atoms with Gasteiger partial charge in [-0.3, -0.25) is 0 Å². The first-order chi connectivity index (χ1) is 6.25. The summed E-state index contributed by atoms with van der Waals surface area (Å²) in [5.41, 5.74) is 1.06. The van der Waals surface area contributed by atoms with Crippen LogP contribution in [0.25, 0.3) is 0 Å². The fourth-order valence-electron chi connectivity index (χ4n) is 1.36. The number of rotatable bonds is 1. The highest BCUT2D eigenvalue weighted by atomic mass is 16.8. The lowest BCUT2D eigenvalue weighted by Crippen LogP contribution is -2.27. The number of carboxylic acid groups (broad SMARTS) is 1. The average molecular weight is 183 g/mol. The highest BCUT2D eigenvalue weighted by Gasteiger charge is 2.22. The summed E-state index contributed by atoms with van der Waals surface area (Å²) in [6.45, 7) is 0. The molecule has 13 heavy (non-hydrogen) atoms. The van der Waals surface area contributed by atoms with Crippen molar-refractivity contribution >= 4 is 6.16 Å². The Bertz CT molecular complexity index is 320. The van der Waals surface area contributed by atoms with Gasteiger partial charge in [0.1, 0.15) is 5.75 Å². The van der Waals surface area contributed by atoms with Gasteiger partial charge in [0.2, 0.25) is 6.29 Å². The van der Waals surface area contributed by atoms with Gasteiger partial charge in [-0.05, 0) is 6.42 Å². The van der Waals surface area contributed by atoms with Crippen molar-refractivity contribution in [2.24, 2.45) is 0 Å². The molecule has 2 heterocycles. The lowest BCUT2D eigenvalue weighted by molar-refractivity contribution is -0.0631. The van der Waals surface area contributed by atoms with Crippen molar-refractivity contribution in [3.63, 3.8) is 0 Å². The van der Waals surface area contributed by atoms with Crippen LogP contribution in [0.3, 0.4) is 0 Å². The number of ether oxygens (including phenoxy) is 2. The number of hydrogen-bond donors (Lipinski definition) is 2. The van der Waals surface area contributed by atoms with Gasteiger partial charge in [0.05, 0.1) is 0 Å². The Morgan fingerprint density at radius 1 is 1.69 bits per heavy atom. The zero-order valence-corrected chi connectivity index (χ0v) is 6.82. The van der Waals surface area contributed by atoms with Gasteiger partial charge in [-0.15, -0.1) is 0 Å². The smallest absolute Gasteiger partial charge is 0.453 e. The third-order valence-corrected chi connectivity index (χ3v) is 1.93. The fourth-order valence-corrected chi connectivity index (χ4v) is 1.36. The fraction of sp³-hybridized carbons (Fsp3) is 0.375. The van der Waals surface area contributed by atoms with Crippen LogP contribution in [-0.2, 0) is 11.2 Å². The molecule has 2 N–H and O–H groups in total. The quantitative estimate of drug-likeness (QED) is 0.645. The van der Waals surface area contributed by atoms with Gasteiger partial charge in [0.15, 0.2) is 0 Å². The highest BCUT2D eigenvalue weighted by molar-refractivity contribution is 5.57. The molecule has 1 aromatic heterocycles. The van der Waals surface area contributed by atoms with Crippen molar-refractivity contribution in [1.29, 1.82) is 0 Å². The molecule has 0 aliphatic carbocycles. The molecule has 1 aliphatic rings. The maximum atomic E-state index is 10.2. The van der Waals surface area contributed by atoms with E-state index in [-0.39, 0.29) is 0 Å². The normalized spacial score (nSPS) is 20.2. The minimum atomic E-state index is -1.30. The molecular formula is C8H9NO4. The van der Waals surface area contributed by atoms with E-state index in [1.54, 1.807) is 6.20 Å².